The maximum atomic E-state index is 4.83. The minimum atomic E-state index is 0.658. The third kappa shape index (κ3) is 4.60. The molecule has 2 aromatic rings. The fourth-order valence-corrected chi connectivity index (χ4v) is 4.14. The Labute approximate surface area is 154 Å². The smallest absolute Gasteiger partial charge is 0.194 e. The number of rotatable bonds is 5. The summed E-state index contributed by atoms with van der Waals surface area (Å²) in [5, 5.41) is 8.81. The second kappa shape index (κ2) is 7.99. The number of guanidine groups is 1. The van der Waals surface area contributed by atoms with E-state index >= 15 is 0 Å². The van der Waals surface area contributed by atoms with Crippen molar-refractivity contribution in [1.82, 2.24) is 25.0 Å². The van der Waals surface area contributed by atoms with Gasteiger partial charge in [0.25, 0.3) is 0 Å². The number of hydrogen-bond acceptors (Lipinski definition) is 4. The van der Waals surface area contributed by atoms with Crippen molar-refractivity contribution < 1.29 is 0 Å². The molecule has 3 rings (SSSR count). The van der Waals surface area contributed by atoms with E-state index < -0.39 is 0 Å². The number of nitrogens with zero attached hydrogens (tertiary/aromatic N) is 5. The SMILES string of the molecule is CCNC(=NCc1nc(C)c(C)s1)N1CCC(Cc2cnn(C)c2)C1. The van der Waals surface area contributed by atoms with Crippen molar-refractivity contribution in [3.63, 3.8) is 0 Å². The molecule has 1 N–H and O–H groups in total. The number of likely N-dealkylation sites (tertiary alicyclic amines) is 1. The van der Waals surface area contributed by atoms with Crippen molar-refractivity contribution >= 4 is 17.3 Å². The van der Waals surface area contributed by atoms with Crippen molar-refractivity contribution in [2.45, 2.75) is 40.2 Å². The number of hydrogen-bond donors (Lipinski definition) is 1. The fraction of sp³-hybridized carbons (Fsp3) is 0.611. The third-order valence-electron chi connectivity index (χ3n) is 4.64. The zero-order valence-electron chi connectivity index (χ0n) is 15.6. The van der Waals surface area contributed by atoms with E-state index in [0.29, 0.717) is 12.5 Å². The Hall–Kier alpha value is -1.89. The molecule has 1 aliphatic rings. The topological polar surface area (TPSA) is 58.3 Å². The van der Waals surface area contributed by atoms with Gasteiger partial charge in [-0.05, 0) is 45.1 Å². The summed E-state index contributed by atoms with van der Waals surface area (Å²) >= 11 is 1.75. The van der Waals surface area contributed by atoms with E-state index in [4.69, 9.17) is 4.99 Å². The minimum Gasteiger partial charge on any atom is -0.357 e. The molecule has 0 bridgehead atoms. The van der Waals surface area contributed by atoms with Crippen LogP contribution in [-0.4, -0.2) is 45.3 Å². The summed E-state index contributed by atoms with van der Waals surface area (Å²) in [7, 11) is 1.97. The molecule has 0 aromatic carbocycles. The van der Waals surface area contributed by atoms with Gasteiger partial charge in [0.15, 0.2) is 5.96 Å². The Morgan fingerprint density at radius 1 is 1.44 bits per heavy atom. The van der Waals surface area contributed by atoms with Crippen LogP contribution in [0.4, 0.5) is 0 Å². The lowest BCUT2D eigenvalue weighted by Crippen LogP contribution is -2.40. The quantitative estimate of drug-likeness (QED) is 0.657. The molecule has 1 aliphatic heterocycles. The number of nitrogens with one attached hydrogen (secondary N) is 1. The Morgan fingerprint density at radius 3 is 2.92 bits per heavy atom. The fourth-order valence-electron chi connectivity index (χ4n) is 3.28. The predicted molar refractivity (Wildman–Crippen MR) is 103 cm³/mol. The first-order chi connectivity index (χ1) is 12.0. The van der Waals surface area contributed by atoms with Gasteiger partial charge in [0.1, 0.15) is 5.01 Å². The molecule has 6 nitrogen and oxygen atoms in total. The van der Waals surface area contributed by atoms with Gasteiger partial charge in [-0.2, -0.15) is 5.10 Å². The zero-order chi connectivity index (χ0) is 17.8. The summed E-state index contributed by atoms with van der Waals surface area (Å²) < 4.78 is 1.88. The zero-order valence-corrected chi connectivity index (χ0v) is 16.4. The second-order valence-electron chi connectivity index (χ2n) is 6.75. The van der Waals surface area contributed by atoms with E-state index in [1.807, 2.05) is 17.9 Å². The Bertz CT molecular complexity index is 712. The largest absolute Gasteiger partial charge is 0.357 e. The number of aryl methyl sites for hydroxylation is 3. The summed E-state index contributed by atoms with van der Waals surface area (Å²) in [6.45, 7) is 9.96. The van der Waals surface area contributed by atoms with E-state index in [1.54, 1.807) is 11.3 Å². The van der Waals surface area contributed by atoms with Crippen molar-refractivity contribution in [2.75, 3.05) is 19.6 Å². The molecule has 0 radical (unpaired) electrons. The van der Waals surface area contributed by atoms with E-state index in [0.717, 1.165) is 42.7 Å². The van der Waals surface area contributed by atoms with Gasteiger partial charge in [-0.15, -0.1) is 11.3 Å². The molecular formula is C18H28N6S. The first kappa shape index (κ1) is 17.9. The van der Waals surface area contributed by atoms with Gasteiger partial charge in [0, 0.05) is 37.8 Å². The molecular weight excluding hydrogens is 332 g/mol. The van der Waals surface area contributed by atoms with Gasteiger partial charge >= 0.3 is 0 Å². The molecule has 3 heterocycles. The molecule has 136 valence electrons. The maximum Gasteiger partial charge on any atom is 0.194 e. The molecule has 0 amide bonds. The molecule has 0 saturated carbocycles. The third-order valence-corrected chi connectivity index (χ3v) is 5.70. The van der Waals surface area contributed by atoms with Gasteiger partial charge in [-0.3, -0.25) is 4.68 Å². The van der Waals surface area contributed by atoms with E-state index in [9.17, 15) is 0 Å². The van der Waals surface area contributed by atoms with Crippen LogP contribution in [0.15, 0.2) is 17.4 Å². The first-order valence-corrected chi connectivity index (χ1v) is 9.80. The molecule has 0 aliphatic carbocycles. The summed E-state index contributed by atoms with van der Waals surface area (Å²) in [5.41, 5.74) is 2.45. The van der Waals surface area contributed by atoms with E-state index in [1.165, 1.54) is 16.9 Å². The minimum absolute atomic E-state index is 0.658. The van der Waals surface area contributed by atoms with Gasteiger partial charge < -0.3 is 10.2 Å². The van der Waals surface area contributed by atoms with Crippen LogP contribution in [0.3, 0.4) is 0 Å². The lowest BCUT2D eigenvalue weighted by molar-refractivity contribution is 0.460. The normalized spacial score (nSPS) is 18.2. The van der Waals surface area contributed by atoms with Crippen molar-refractivity contribution in [1.29, 1.82) is 0 Å². The molecule has 1 atom stereocenters. The van der Waals surface area contributed by atoms with Crippen molar-refractivity contribution in [3.05, 3.63) is 33.5 Å². The van der Waals surface area contributed by atoms with Gasteiger partial charge in [-0.1, -0.05) is 0 Å². The molecule has 7 heteroatoms. The van der Waals surface area contributed by atoms with E-state index in [-0.39, 0.29) is 0 Å². The Morgan fingerprint density at radius 2 is 2.28 bits per heavy atom. The highest BCUT2D eigenvalue weighted by Crippen LogP contribution is 2.21. The van der Waals surface area contributed by atoms with Crippen LogP contribution in [0.5, 0.6) is 0 Å². The second-order valence-corrected chi connectivity index (χ2v) is 8.03. The highest BCUT2D eigenvalue weighted by molar-refractivity contribution is 7.11. The van der Waals surface area contributed by atoms with Crippen LogP contribution in [0.25, 0.3) is 0 Å². The highest BCUT2D eigenvalue weighted by Gasteiger charge is 2.25. The summed E-state index contributed by atoms with van der Waals surface area (Å²) in [6, 6.07) is 0. The monoisotopic (exact) mass is 360 g/mol. The standard InChI is InChI=1S/C18H28N6S/c1-5-19-18(20-10-17-22-13(2)14(3)25-17)24-7-6-15(12-24)8-16-9-21-23(4)11-16/h9,11,15H,5-8,10,12H2,1-4H3,(H,19,20). The summed E-state index contributed by atoms with van der Waals surface area (Å²) in [5.74, 6) is 1.68. The van der Waals surface area contributed by atoms with Crippen LogP contribution in [0.2, 0.25) is 0 Å². The van der Waals surface area contributed by atoms with Crippen molar-refractivity contribution in [3.8, 4) is 0 Å². The van der Waals surface area contributed by atoms with Crippen molar-refractivity contribution in [2.24, 2.45) is 18.0 Å². The Kier molecular flexibility index (Phi) is 5.73. The highest BCUT2D eigenvalue weighted by atomic mass is 32.1. The van der Waals surface area contributed by atoms with Gasteiger partial charge in [0.2, 0.25) is 0 Å². The van der Waals surface area contributed by atoms with Crippen LogP contribution >= 0.6 is 11.3 Å². The van der Waals surface area contributed by atoms with Gasteiger partial charge in [-0.25, -0.2) is 9.98 Å². The summed E-state index contributed by atoms with van der Waals surface area (Å²) in [6.07, 6.45) is 6.40. The number of aromatic nitrogens is 3. The lowest BCUT2D eigenvalue weighted by Gasteiger charge is -2.21. The maximum absolute atomic E-state index is 4.83. The number of aliphatic imine (C=N–C) groups is 1. The lowest BCUT2D eigenvalue weighted by atomic mass is 10.0. The molecule has 25 heavy (non-hydrogen) atoms. The molecule has 0 spiro atoms. The molecule has 2 aromatic heterocycles. The first-order valence-electron chi connectivity index (χ1n) is 8.98. The summed E-state index contributed by atoms with van der Waals surface area (Å²) in [4.78, 5) is 13.1. The van der Waals surface area contributed by atoms with Crippen LogP contribution in [-0.2, 0) is 20.0 Å². The van der Waals surface area contributed by atoms with Crippen LogP contribution in [0.1, 0.15) is 34.5 Å². The molecule has 1 fully saturated rings. The molecule has 1 saturated heterocycles. The number of thiazole rings is 1. The van der Waals surface area contributed by atoms with Gasteiger partial charge in [0.05, 0.1) is 18.4 Å². The Balaban J connectivity index is 1.61. The van der Waals surface area contributed by atoms with Crippen LogP contribution < -0.4 is 5.32 Å². The average Bonchev–Trinajstić information content (AvgIpc) is 3.27. The predicted octanol–water partition coefficient (Wildman–Crippen LogP) is 2.52. The van der Waals surface area contributed by atoms with E-state index in [2.05, 4.69) is 47.3 Å². The molecule has 1 unspecified atom stereocenters. The van der Waals surface area contributed by atoms with Crippen LogP contribution in [0, 0.1) is 19.8 Å². The average molecular weight is 361 g/mol.